The summed E-state index contributed by atoms with van der Waals surface area (Å²) in [6.07, 6.45) is 9.17. The molecule has 1 heterocycles. The fourth-order valence-electron chi connectivity index (χ4n) is 3.19. The Bertz CT molecular complexity index is 710. The molecule has 2 N–H and O–H groups in total. The first-order valence-electron chi connectivity index (χ1n) is 9.37. The molecule has 0 unspecified atom stereocenters. The molecule has 6 heteroatoms. The van der Waals surface area contributed by atoms with Crippen molar-refractivity contribution >= 4 is 23.3 Å². The number of rotatable bonds is 6. The average molecular weight is 354 g/mol. The van der Waals surface area contributed by atoms with Gasteiger partial charge in [-0.3, -0.25) is 0 Å². The maximum atomic E-state index is 11.7. The number of hydrogen-bond acceptors (Lipinski definition) is 6. The Balaban J connectivity index is 1.62. The zero-order chi connectivity index (χ0) is 18.2. The lowest BCUT2D eigenvalue weighted by Crippen LogP contribution is -2.19. The molecule has 0 bridgehead atoms. The summed E-state index contributed by atoms with van der Waals surface area (Å²) in [6.45, 7) is 2.17. The standard InChI is InChI=1S/C20H26N4O2/c1-2-26-20(25)15-9-11-17(12-10-15)24-19-13-18(21-14-22-19)23-16-7-5-3-4-6-8-16/h9-14,16H,2-8H2,1H3,(H2,21,22,23,24). The van der Waals surface area contributed by atoms with Crippen LogP contribution in [0.15, 0.2) is 36.7 Å². The maximum Gasteiger partial charge on any atom is 0.338 e. The van der Waals surface area contributed by atoms with Crippen LogP contribution in [0, 0.1) is 0 Å². The average Bonchev–Trinajstić information content (AvgIpc) is 2.91. The second-order valence-electron chi connectivity index (χ2n) is 6.54. The Morgan fingerprint density at radius 3 is 2.46 bits per heavy atom. The molecule has 1 aliphatic carbocycles. The molecule has 1 aromatic carbocycles. The summed E-state index contributed by atoms with van der Waals surface area (Å²) in [4.78, 5) is 20.3. The van der Waals surface area contributed by atoms with E-state index in [2.05, 4.69) is 20.6 Å². The van der Waals surface area contributed by atoms with Crippen LogP contribution in [-0.2, 0) is 4.74 Å². The van der Waals surface area contributed by atoms with Gasteiger partial charge in [0, 0.05) is 17.8 Å². The van der Waals surface area contributed by atoms with Crippen molar-refractivity contribution in [1.29, 1.82) is 0 Å². The highest BCUT2D eigenvalue weighted by Crippen LogP contribution is 2.22. The van der Waals surface area contributed by atoms with Crippen LogP contribution in [0.1, 0.15) is 55.8 Å². The Labute approximate surface area is 154 Å². The van der Waals surface area contributed by atoms with E-state index in [1.54, 1.807) is 25.4 Å². The van der Waals surface area contributed by atoms with Crippen molar-refractivity contribution in [1.82, 2.24) is 9.97 Å². The first-order valence-corrected chi connectivity index (χ1v) is 9.37. The van der Waals surface area contributed by atoms with Gasteiger partial charge >= 0.3 is 5.97 Å². The third-order valence-corrected chi connectivity index (χ3v) is 4.54. The smallest absolute Gasteiger partial charge is 0.338 e. The van der Waals surface area contributed by atoms with Gasteiger partial charge in [-0.05, 0) is 44.0 Å². The van der Waals surface area contributed by atoms with Crippen LogP contribution in [-0.4, -0.2) is 28.6 Å². The van der Waals surface area contributed by atoms with Crippen LogP contribution in [0.4, 0.5) is 17.3 Å². The third kappa shape index (κ3) is 5.18. The van der Waals surface area contributed by atoms with Crippen molar-refractivity contribution in [2.24, 2.45) is 0 Å². The molecule has 1 aromatic heterocycles. The molecule has 3 rings (SSSR count). The van der Waals surface area contributed by atoms with Gasteiger partial charge in [0.15, 0.2) is 0 Å². The van der Waals surface area contributed by atoms with Crippen molar-refractivity contribution in [3.8, 4) is 0 Å². The first kappa shape index (κ1) is 18.2. The number of ether oxygens (including phenoxy) is 1. The van der Waals surface area contributed by atoms with Crippen LogP contribution < -0.4 is 10.6 Å². The minimum Gasteiger partial charge on any atom is -0.462 e. The van der Waals surface area contributed by atoms with Crippen LogP contribution in [0.3, 0.4) is 0 Å². The molecule has 0 radical (unpaired) electrons. The van der Waals surface area contributed by atoms with Gasteiger partial charge in [-0.15, -0.1) is 0 Å². The molecule has 1 fully saturated rings. The molecule has 0 spiro atoms. The van der Waals surface area contributed by atoms with Crippen LogP contribution in [0.25, 0.3) is 0 Å². The topological polar surface area (TPSA) is 76.1 Å². The van der Waals surface area contributed by atoms with Gasteiger partial charge < -0.3 is 15.4 Å². The number of anilines is 3. The summed E-state index contributed by atoms with van der Waals surface area (Å²) in [7, 11) is 0. The lowest BCUT2D eigenvalue weighted by molar-refractivity contribution is 0.0526. The van der Waals surface area contributed by atoms with E-state index in [9.17, 15) is 4.79 Å². The summed E-state index contributed by atoms with van der Waals surface area (Å²) in [5.74, 6) is 1.26. The number of nitrogens with one attached hydrogen (secondary N) is 2. The Hall–Kier alpha value is -2.63. The lowest BCUT2D eigenvalue weighted by atomic mass is 10.1. The highest BCUT2D eigenvalue weighted by Gasteiger charge is 2.13. The molecular formula is C20H26N4O2. The Kier molecular flexibility index (Phi) is 6.41. The lowest BCUT2D eigenvalue weighted by Gasteiger charge is -2.17. The zero-order valence-electron chi connectivity index (χ0n) is 15.2. The summed E-state index contributed by atoms with van der Waals surface area (Å²) in [5, 5.41) is 6.78. The van der Waals surface area contributed by atoms with E-state index in [1.807, 2.05) is 18.2 Å². The Morgan fingerprint density at radius 2 is 1.77 bits per heavy atom. The van der Waals surface area contributed by atoms with E-state index in [-0.39, 0.29) is 5.97 Å². The minimum absolute atomic E-state index is 0.309. The zero-order valence-corrected chi connectivity index (χ0v) is 15.2. The van der Waals surface area contributed by atoms with Gasteiger partial charge in [-0.1, -0.05) is 25.7 Å². The molecule has 1 aliphatic rings. The molecule has 0 aliphatic heterocycles. The number of hydrogen-bond donors (Lipinski definition) is 2. The van der Waals surface area contributed by atoms with Gasteiger partial charge in [0.2, 0.25) is 0 Å². The summed E-state index contributed by atoms with van der Waals surface area (Å²) < 4.78 is 4.99. The van der Waals surface area contributed by atoms with Crippen LogP contribution in [0.2, 0.25) is 0 Å². The van der Waals surface area contributed by atoms with Crippen molar-refractivity contribution in [2.45, 2.75) is 51.5 Å². The normalized spacial score (nSPS) is 15.1. The summed E-state index contributed by atoms with van der Waals surface area (Å²) in [5.41, 5.74) is 1.40. The van der Waals surface area contributed by atoms with Crippen molar-refractivity contribution < 1.29 is 9.53 Å². The summed E-state index contributed by atoms with van der Waals surface area (Å²) in [6, 6.07) is 9.58. The number of carbonyl (C=O) groups is 1. The molecule has 26 heavy (non-hydrogen) atoms. The fourth-order valence-corrected chi connectivity index (χ4v) is 3.19. The SMILES string of the molecule is CCOC(=O)c1ccc(Nc2cc(NC3CCCCCC3)ncn2)cc1. The van der Waals surface area contributed by atoms with E-state index >= 15 is 0 Å². The highest BCUT2D eigenvalue weighted by molar-refractivity contribution is 5.89. The third-order valence-electron chi connectivity index (χ3n) is 4.54. The minimum atomic E-state index is -0.309. The number of aromatic nitrogens is 2. The first-order chi connectivity index (χ1) is 12.7. The molecule has 0 saturated heterocycles. The van der Waals surface area contributed by atoms with Crippen LogP contribution in [0.5, 0.6) is 0 Å². The Morgan fingerprint density at radius 1 is 1.08 bits per heavy atom. The fraction of sp³-hybridized carbons (Fsp3) is 0.450. The van der Waals surface area contributed by atoms with Crippen molar-refractivity contribution in [3.63, 3.8) is 0 Å². The van der Waals surface area contributed by atoms with Crippen molar-refractivity contribution in [3.05, 3.63) is 42.2 Å². The van der Waals surface area contributed by atoms with E-state index in [0.29, 0.717) is 18.2 Å². The number of benzene rings is 1. The molecule has 2 aromatic rings. The second kappa shape index (κ2) is 9.17. The van der Waals surface area contributed by atoms with Crippen molar-refractivity contribution in [2.75, 3.05) is 17.2 Å². The largest absolute Gasteiger partial charge is 0.462 e. The predicted octanol–water partition coefficient (Wildman–Crippen LogP) is 4.53. The highest BCUT2D eigenvalue weighted by atomic mass is 16.5. The number of esters is 1. The van der Waals surface area contributed by atoms with Crippen LogP contribution >= 0.6 is 0 Å². The van der Waals surface area contributed by atoms with E-state index in [0.717, 1.165) is 17.3 Å². The van der Waals surface area contributed by atoms with E-state index < -0.39 is 0 Å². The molecule has 138 valence electrons. The van der Waals surface area contributed by atoms with Gasteiger partial charge in [0.05, 0.1) is 12.2 Å². The maximum absolute atomic E-state index is 11.7. The molecule has 1 saturated carbocycles. The molecule has 0 atom stereocenters. The van der Waals surface area contributed by atoms with Gasteiger partial charge in [0.1, 0.15) is 18.0 Å². The summed E-state index contributed by atoms with van der Waals surface area (Å²) >= 11 is 0. The van der Waals surface area contributed by atoms with Gasteiger partial charge in [-0.25, -0.2) is 14.8 Å². The molecule has 6 nitrogen and oxygen atoms in total. The number of nitrogens with zero attached hydrogens (tertiary/aromatic N) is 2. The monoisotopic (exact) mass is 354 g/mol. The molecular weight excluding hydrogens is 328 g/mol. The molecule has 0 amide bonds. The number of carbonyl (C=O) groups excluding carboxylic acids is 1. The second-order valence-corrected chi connectivity index (χ2v) is 6.54. The quantitative estimate of drug-likeness (QED) is 0.586. The van der Waals surface area contributed by atoms with E-state index in [1.165, 1.54) is 38.5 Å². The van der Waals surface area contributed by atoms with Gasteiger partial charge in [0.25, 0.3) is 0 Å². The van der Waals surface area contributed by atoms with E-state index in [4.69, 9.17) is 4.74 Å². The predicted molar refractivity (Wildman–Crippen MR) is 103 cm³/mol. The van der Waals surface area contributed by atoms with Gasteiger partial charge in [-0.2, -0.15) is 0 Å².